The van der Waals surface area contributed by atoms with Crippen molar-refractivity contribution in [1.82, 2.24) is 5.32 Å². The molecule has 2 aromatic carbocycles. The molecule has 1 aliphatic heterocycles. The minimum absolute atomic E-state index is 0.0819. The third kappa shape index (κ3) is 5.17. The van der Waals surface area contributed by atoms with Gasteiger partial charge in [0.1, 0.15) is 0 Å². The molecular weight excluding hydrogens is 338 g/mol. The van der Waals surface area contributed by atoms with Gasteiger partial charge in [0.2, 0.25) is 5.91 Å². The lowest BCUT2D eigenvalue weighted by atomic mass is 9.97. The molecule has 1 fully saturated rings. The Morgan fingerprint density at radius 1 is 1.11 bits per heavy atom. The SMILES string of the molecule is CCC(=O)Nc1ccc(C)cc1NC(=O)c1cccc(CC2CCNC2)c1. The Kier molecular flexibility index (Phi) is 6.24. The van der Waals surface area contributed by atoms with Gasteiger partial charge in [-0.3, -0.25) is 9.59 Å². The molecule has 0 saturated carbocycles. The van der Waals surface area contributed by atoms with Gasteiger partial charge in [0.15, 0.2) is 0 Å². The molecule has 3 rings (SSSR count). The first-order valence-corrected chi connectivity index (χ1v) is 9.56. The van der Waals surface area contributed by atoms with Gasteiger partial charge in [0, 0.05) is 12.0 Å². The summed E-state index contributed by atoms with van der Waals surface area (Å²) in [6, 6.07) is 13.4. The van der Waals surface area contributed by atoms with Crippen molar-refractivity contribution in [1.29, 1.82) is 0 Å². The Bertz CT molecular complexity index is 826. The Labute approximate surface area is 160 Å². The maximum Gasteiger partial charge on any atom is 0.255 e. The fourth-order valence-corrected chi connectivity index (χ4v) is 3.37. The van der Waals surface area contributed by atoms with E-state index in [2.05, 4.69) is 22.0 Å². The molecule has 0 spiro atoms. The first-order chi connectivity index (χ1) is 13.0. The van der Waals surface area contributed by atoms with Crippen LogP contribution in [0.2, 0.25) is 0 Å². The van der Waals surface area contributed by atoms with E-state index >= 15 is 0 Å². The number of aryl methyl sites for hydroxylation is 1. The Balaban J connectivity index is 1.75. The average molecular weight is 365 g/mol. The minimum Gasteiger partial charge on any atom is -0.324 e. The standard InChI is InChI=1S/C22H27N3O2/c1-3-21(26)24-19-8-7-15(2)11-20(19)25-22(27)18-6-4-5-16(13-18)12-17-9-10-23-14-17/h4-8,11,13,17,23H,3,9-10,12,14H2,1-2H3,(H,24,26)(H,25,27). The van der Waals surface area contributed by atoms with Crippen molar-refractivity contribution >= 4 is 23.2 Å². The third-order valence-electron chi connectivity index (χ3n) is 4.89. The van der Waals surface area contributed by atoms with Crippen LogP contribution in [-0.4, -0.2) is 24.9 Å². The lowest BCUT2D eigenvalue weighted by molar-refractivity contribution is -0.115. The molecule has 0 aromatic heterocycles. The number of amides is 2. The highest BCUT2D eigenvalue weighted by atomic mass is 16.2. The van der Waals surface area contributed by atoms with E-state index in [1.165, 1.54) is 12.0 Å². The normalized spacial score (nSPS) is 16.1. The molecule has 1 unspecified atom stereocenters. The van der Waals surface area contributed by atoms with Crippen LogP contribution >= 0.6 is 0 Å². The molecular formula is C22H27N3O2. The number of benzene rings is 2. The third-order valence-corrected chi connectivity index (χ3v) is 4.89. The molecule has 0 aliphatic carbocycles. The van der Waals surface area contributed by atoms with Gasteiger partial charge >= 0.3 is 0 Å². The van der Waals surface area contributed by atoms with Crippen molar-refractivity contribution in [3.8, 4) is 0 Å². The lowest BCUT2D eigenvalue weighted by Crippen LogP contribution is -2.16. The molecule has 0 bridgehead atoms. The fraction of sp³-hybridized carbons (Fsp3) is 0.364. The van der Waals surface area contributed by atoms with Crippen LogP contribution in [0.4, 0.5) is 11.4 Å². The highest BCUT2D eigenvalue weighted by molar-refractivity contribution is 6.07. The van der Waals surface area contributed by atoms with Gasteiger partial charge in [0.05, 0.1) is 11.4 Å². The van der Waals surface area contributed by atoms with Gasteiger partial charge in [-0.15, -0.1) is 0 Å². The molecule has 3 N–H and O–H groups in total. The van der Waals surface area contributed by atoms with Crippen molar-refractivity contribution in [2.45, 2.75) is 33.1 Å². The maximum atomic E-state index is 12.8. The molecule has 1 atom stereocenters. The van der Waals surface area contributed by atoms with Crippen LogP contribution in [-0.2, 0) is 11.2 Å². The van der Waals surface area contributed by atoms with Crippen LogP contribution < -0.4 is 16.0 Å². The largest absolute Gasteiger partial charge is 0.324 e. The molecule has 27 heavy (non-hydrogen) atoms. The molecule has 5 nitrogen and oxygen atoms in total. The quantitative estimate of drug-likeness (QED) is 0.730. The van der Waals surface area contributed by atoms with E-state index < -0.39 is 0 Å². The van der Waals surface area contributed by atoms with E-state index in [0.29, 0.717) is 29.3 Å². The zero-order valence-corrected chi connectivity index (χ0v) is 16.0. The zero-order chi connectivity index (χ0) is 19.2. The van der Waals surface area contributed by atoms with Crippen molar-refractivity contribution in [2.75, 3.05) is 23.7 Å². The number of rotatable bonds is 6. The average Bonchev–Trinajstić information content (AvgIpc) is 3.17. The second-order valence-corrected chi connectivity index (χ2v) is 7.17. The van der Waals surface area contributed by atoms with Crippen molar-refractivity contribution in [3.63, 3.8) is 0 Å². The Morgan fingerprint density at radius 3 is 2.70 bits per heavy atom. The number of carbonyl (C=O) groups is 2. The van der Waals surface area contributed by atoms with E-state index in [4.69, 9.17) is 0 Å². The molecule has 142 valence electrons. The second-order valence-electron chi connectivity index (χ2n) is 7.17. The Morgan fingerprint density at radius 2 is 1.96 bits per heavy atom. The molecule has 1 saturated heterocycles. The molecule has 1 heterocycles. The monoisotopic (exact) mass is 365 g/mol. The summed E-state index contributed by atoms with van der Waals surface area (Å²) >= 11 is 0. The predicted octanol–water partition coefficient (Wildman–Crippen LogP) is 3.75. The number of hydrogen-bond donors (Lipinski definition) is 3. The summed E-state index contributed by atoms with van der Waals surface area (Å²) in [6.45, 7) is 5.87. The first-order valence-electron chi connectivity index (χ1n) is 9.56. The smallest absolute Gasteiger partial charge is 0.255 e. The van der Waals surface area contributed by atoms with Crippen molar-refractivity contribution < 1.29 is 9.59 Å². The van der Waals surface area contributed by atoms with Gasteiger partial charge in [0.25, 0.3) is 5.91 Å². The van der Waals surface area contributed by atoms with E-state index in [0.717, 1.165) is 25.1 Å². The number of hydrogen-bond acceptors (Lipinski definition) is 3. The van der Waals surface area contributed by atoms with Gasteiger partial charge in [-0.1, -0.05) is 25.1 Å². The van der Waals surface area contributed by atoms with Gasteiger partial charge in [-0.2, -0.15) is 0 Å². The lowest BCUT2D eigenvalue weighted by Gasteiger charge is -2.14. The van der Waals surface area contributed by atoms with E-state index in [9.17, 15) is 9.59 Å². The van der Waals surface area contributed by atoms with Crippen LogP contribution in [0.25, 0.3) is 0 Å². The summed E-state index contributed by atoms with van der Waals surface area (Å²) in [5.41, 5.74) is 4.07. The van der Waals surface area contributed by atoms with Gasteiger partial charge < -0.3 is 16.0 Å². The molecule has 1 aliphatic rings. The molecule has 0 radical (unpaired) electrons. The highest BCUT2D eigenvalue weighted by Gasteiger charge is 2.16. The summed E-state index contributed by atoms with van der Waals surface area (Å²) in [5.74, 6) is 0.386. The first kappa shape index (κ1) is 19.1. The van der Waals surface area contributed by atoms with Crippen LogP contribution in [0, 0.1) is 12.8 Å². The number of carbonyl (C=O) groups excluding carboxylic acids is 2. The van der Waals surface area contributed by atoms with Crippen LogP contribution in [0.15, 0.2) is 42.5 Å². The van der Waals surface area contributed by atoms with E-state index in [1.54, 1.807) is 6.92 Å². The summed E-state index contributed by atoms with van der Waals surface area (Å²) in [4.78, 5) is 24.5. The number of anilines is 2. The Hall–Kier alpha value is -2.66. The van der Waals surface area contributed by atoms with Gasteiger partial charge in [-0.05, 0) is 74.2 Å². The van der Waals surface area contributed by atoms with Crippen molar-refractivity contribution in [3.05, 3.63) is 59.2 Å². The van der Waals surface area contributed by atoms with E-state index in [-0.39, 0.29) is 11.8 Å². The van der Waals surface area contributed by atoms with Gasteiger partial charge in [-0.25, -0.2) is 0 Å². The van der Waals surface area contributed by atoms with Crippen LogP contribution in [0.1, 0.15) is 41.3 Å². The summed E-state index contributed by atoms with van der Waals surface area (Å²) in [7, 11) is 0. The van der Waals surface area contributed by atoms with Crippen LogP contribution in [0.5, 0.6) is 0 Å². The highest BCUT2D eigenvalue weighted by Crippen LogP contribution is 2.24. The van der Waals surface area contributed by atoms with Crippen molar-refractivity contribution in [2.24, 2.45) is 5.92 Å². The topological polar surface area (TPSA) is 70.2 Å². The predicted molar refractivity (Wildman–Crippen MR) is 109 cm³/mol. The molecule has 2 aromatic rings. The van der Waals surface area contributed by atoms with E-state index in [1.807, 2.05) is 43.3 Å². The van der Waals surface area contributed by atoms with Crippen LogP contribution in [0.3, 0.4) is 0 Å². The fourth-order valence-electron chi connectivity index (χ4n) is 3.37. The maximum absolute atomic E-state index is 12.8. The summed E-state index contributed by atoms with van der Waals surface area (Å²) < 4.78 is 0. The zero-order valence-electron chi connectivity index (χ0n) is 16.0. The number of nitrogens with one attached hydrogen (secondary N) is 3. The minimum atomic E-state index is -0.168. The molecule has 5 heteroatoms. The summed E-state index contributed by atoms with van der Waals surface area (Å²) in [6.07, 6.45) is 2.55. The summed E-state index contributed by atoms with van der Waals surface area (Å²) in [5, 5.41) is 9.18. The molecule has 2 amide bonds. The second kappa shape index (κ2) is 8.82.